The van der Waals surface area contributed by atoms with Gasteiger partial charge in [-0.15, -0.1) is 0 Å². The van der Waals surface area contributed by atoms with E-state index in [1.165, 1.54) is 103 Å². The molecule has 0 radical (unpaired) electrons. The molecule has 2 atom stereocenters. The van der Waals surface area contributed by atoms with Crippen LogP contribution in [0.1, 0.15) is 246 Å². The molecule has 0 aliphatic carbocycles. The second kappa shape index (κ2) is 41.3. The molecule has 2 unspecified atom stereocenters. The van der Waals surface area contributed by atoms with E-state index >= 15 is 0 Å². The molecule has 0 fully saturated rings. The Morgan fingerprint density at radius 2 is 0.758 bits per heavy atom. The number of anilines is 2. The van der Waals surface area contributed by atoms with Gasteiger partial charge in [-0.2, -0.15) is 0 Å². The number of unbranched alkanes of at least 4 members (excludes halogenated alkanes) is 23. The first-order valence-corrected chi connectivity index (χ1v) is 26.6. The summed E-state index contributed by atoms with van der Waals surface area (Å²) in [6.07, 6.45) is 38.9. The number of carbonyl (C=O) groups excluding carboxylic acids is 2. The van der Waals surface area contributed by atoms with Crippen molar-refractivity contribution in [3.63, 3.8) is 0 Å². The highest BCUT2D eigenvalue weighted by molar-refractivity contribution is 5.74. The summed E-state index contributed by atoms with van der Waals surface area (Å²) in [5, 5.41) is 6.01. The number of nitrogens with zero attached hydrogens (tertiary/aromatic N) is 1. The van der Waals surface area contributed by atoms with Gasteiger partial charge in [0.05, 0.1) is 25.0 Å². The van der Waals surface area contributed by atoms with Crippen LogP contribution in [0.5, 0.6) is 0 Å². The molecule has 1 rings (SSSR count). The van der Waals surface area contributed by atoms with E-state index in [9.17, 15) is 19.2 Å². The average molecular weight is 874 g/mol. The summed E-state index contributed by atoms with van der Waals surface area (Å²) in [6, 6.07) is 0. The molecule has 0 saturated carbocycles. The molecule has 0 bridgehead atoms. The molecule has 9 nitrogen and oxygen atoms in total. The van der Waals surface area contributed by atoms with Crippen molar-refractivity contribution >= 4 is 23.3 Å². The molecule has 0 heterocycles. The van der Waals surface area contributed by atoms with Crippen LogP contribution in [0.15, 0.2) is 9.59 Å². The number of esters is 2. The van der Waals surface area contributed by atoms with E-state index in [1.54, 1.807) is 7.05 Å². The third-order valence-corrected chi connectivity index (χ3v) is 12.9. The Kier molecular flexibility index (Phi) is 38.4. The second-order valence-corrected chi connectivity index (χ2v) is 18.5. The van der Waals surface area contributed by atoms with Crippen LogP contribution in [0, 0.1) is 11.8 Å². The van der Waals surface area contributed by atoms with E-state index in [0.29, 0.717) is 31.1 Å². The Morgan fingerprint density at radius 3 is 1.16 bits per heavy atom. The maximum Gasteiger partial charge on any atom is 0.308 e. The standard InChI is InChI=1S/C53H99N3O6/c1-6-10-14-18-20-28-38-46(36-26-16-12-8-3)52(59)61-44-34-24-22-31-41-56(43-33-30-40-55-49-48(54-5)50(57)51(49)58)42-32-23-25-35-45-62-53(60)47(37-27-17-13-9-4)39-29-21-19-15-11-7-2/h46-47,54-55H,6-45H2,1-5H3. The normalized spacial score (nSPS) is 12.5. The Labute approximate surface area is 381 Å². The zero-order valence-corrected chi connectivity index (χ0v) is 41.3. The van der Waals surface area contributed by atoms with Crippen LogP contribution in [-0.4, -0.2) is 63.3 Å². The van der Waals surface area contributed by atoms with Gasteiger partial charge in [0.2, 0.25) is 0 Å². The van der Waals surface area contributed by atoms with E-state index in [4.69, 9.17) is 9.47 Å². The van der Waals surface area contributed by atoms with E-state index in [2.05, 4.69) is 43.2 Å². The molecular formula is C53H99N3O6. The largest absolute Gasteiger partial charge is 0.465 e. The van der Waals surface area contributed by atoms with Gasteiger partial charge in [-0.25, -0.2) is 0 Å². The Hall–Kier alpha value is -2.42. The monoisotopic (exact) mass is 874 g/mol. The number of hydrogen-bond donors (Lipinski definition) is 2. The van der Waals surface area contributed by atoms with Crippen LogP contribution in [-0.2, 0) is 19.1 Å². The zero-order valence-electron chi connectivity index (χ0n) is 41.3. The van der Waals surface area contributed by atoms with Gasteiger partial charge in [0.15, 0.2) is 0 Å². The minimum Gasteiger partial charge on any atom is -0.465 e. The first-order valence-electron chi connectivity index (χ1n) is 26.6. The van der Waals surface area contributed by atoms with E-state index in [0.717, 1.165) is 135 Å². The van der Waals surface area contributed by atoms with Crippen molar-refractivity contribution in [2.45, 2.75) is 246 Å². The summed E-state index contributed by atoms with van der Waals surface area (Å²) in [4.78, 5) is 52.4. The van der Waals surface area contributed by atoms with Crippen LogP contribution in [0.3, 0.4) is 0 Å². The molecule has 1 aromatic rings. The quantitative estimate of drug-likeness (QED) is 0.0375. The highest BCUT2D eigenvalue weighted by Gasteiger charge is 2.21. The molecule has 2 N–H and O–H groups in total. The molecule has 0 amide bonds. The van der Waals surface area contributed by atoms with Gasteiger partial charge in [0.1, 0.15) is 11.4 Å². The summed E-state index contributed by atoms with van der Waals surface area (Å²) in [5.74, 6) is 0.192. The van der Waals surface area contributed by atoms with Crippen LogP contribution in [0.25, 0.3) is 0 Å². The maximum absolute atomic E-state index is 13.1. The lowest BCUT2D eigenvalue weighted by Crippen LogP contribution is -2.37. The number of nitrogens with one attached hydrogen (secondary N) is 2. The van der Waals surface area contributed by atoms with Crippen molar-refractivity contribution in [1.29, 1.82) is 0 Å². The highest BCUT2D eigenvalue weighted by atomic mass is 16.5. The van der Waals surface area contributed by atoms with Crippen molar-refractivity contribution in [1.82, 2.24) is 4.90 Å². The predicted molar refractivity (Wildman–Crippen MR) is 264 cm³/mol. The van der Waals surface area contributed by atoms with Gasteiger partial charge < -0.3 is 25.0 Å². The SMILES string of the molecule is CCCCCCCCC(CCCCCC)C(=O)OCCCCCCN(CCCCCCOC(=O)C(CCCCCC)CCCCCCCC)CCCCNc1c(NC)c(=O)c1=O. The van der Waals surface area contributed by atoms with Crippen LogP contribution < -0.4 is 21.5 Å². The molecular weight excluding hydrogens is 775 g/mol. The third-order valence-electron chi connectivity index (χ3n) is 12.9. The summed E-state index contributed by atoms with van der Waals surface area (Å²) < 4.78 is 11.7. The maximum atomic E-state index is 13.1. The molecule has 62 heavy (non-hydrogen) atoms. The van der Waals surface area contributed by atoms with Crippen molar-refractivity contribution in [3.8, 4) is 0 Å². The summed E-state index contributed by atoms with van der Waals surface area (Å²) in [5.41, 5.74) is -0.0435. The Bertz CT molecular complexity index is 1200. The van der Waals surface area contributed by atoms with Gasteiger partial charge >= 0.3 is 11.9 Å². The molecule has 9 heteroatoms. The van der Waals surface area contributed by atoms with Gasteiger partial charge in [-0.05, 0) is 83.8 Å². The summed E-state index contributed by atoms with van der Waals surface area (Å²) in [7, 11) is 1.67. The molecule has 1 aromatic carbocycles. The van der Waals surface area contributed by atoms with Crippen LogP contribution in [0.2, 0.25) is 0 Å². The molecule has 0 aliphatic rings. The Morgan fingerprint density at radius 1 is 0.435 bits per heavy atom. The smallest absolute Gasteiger partial charge is 0.308 e. The average Bonchev–Trinajstić information content (AvgIpc) is 3.28. The van der Waals surface area contributed by atoms with Gasteiger partial charge in [0, 0.05) is 13.6 Å². The van der Waals surface area contributed by atoms with Crippen molar-refractivity contribution in [2.24, 2.45) is 11.8 Å². The van der Waals surface area contributed by atoms with Crippen LogP contribution >= 0.6 is 0 Å². The van der Waals surface area contributed by atoms with E-state index in [1.807, 2.05) is 0 Å². The van der Waals surface area contributed by atoms with Gasteiger partial charge in [0.25, 0.3) is 10.9 Å². The van der Waals surface area contributed by atoms with E-state index in [-0.39, 0.29) is 23.8 Å². The number of hydrogen-bond acceptors (Lipinski definition) is 9. The van der Waals surface area contributed by atoms with Crippen LogP contribution in [0.4, 0.5) is 11.4 Å². The Balaban J connectivity index is 2.50. The fourth-order valence-electron chi connectivity index (χ4n) is 8.71. The molecule has 0 saturated heterocycles. The first-order chi connectivity index (χ1) is 30.3. The lowest BCUT2D eigenvalue weighted by Gasteiger charge is -2.22. The zero-order chi connectivity index (χ0) is 45.3. The van der Waals surface area contributed by atoms with E-state index < -0.39 is 10.9 Å². The van der Waals surface area contributed by atoms with Gasteiger partial charge in [-0.3, -0.25) is 19.2 Å². The molecule has 0 spiro atoms. The van der Waals surface area contributed by atoms with Crippen molar-refractivity contribution in [2.75, 3.05) is 57.1 Å². The van der Waals surface area contributed by atoms with Gasteiger partial charge in [-0.1, -0.05) is 182 Å². The lowest BCUT2D eigenvalue weighted by atomic mass is 9.94. The minimum absolute atomic E-state index is 0.0335. The summed E-state index contributed by atoms with van der Waals surface area (Å²) in [6.45, 7) is 13.8. The second-order valence-electron chi connectivity index (χ2n) is 18.5. The number of carbonyl (C=O) groups is 2. The number of ether oxygens (including phenoxy) is 2. The summed E-state index contributed by atoms with van der Waals surface area (Å²) >= 11 is 0. The fraction of sp³-hybridized carbons (Fsp3) is 0.887. The molecule has 0 aromatic heterocycles. The fourth-order valence-corrected chi connectivity index (χ4v) is 8.71. The van der Waals surface area contributed by atoms with Crippen molar-refractivity contribution in [3.05, 3.63) is 20.4 Å². The van der Waals surface area contributed by atoms with Crippen molar-refractivity contribution < 1.29 is 19.1 Å². The molecule has 362 valence electrons. The third kappa shape index (κ3) is 29.1. The molecule has 0 aliphatic heterocycles. The topological polar surface area (TPSA) is 114 Å². The highest BCUT2D eigenvalue weighted by Crippen LogP contribution is 2.23. The predicted octanol–water partition coefficient (Wildman–Crippen LogP) is 13.7. The minimum atomic E-state index is -0.437. The lowest BCUT2D eigenvalue weighted by molar-refractivity contribution is -0.150. The number of rotatable bonds is 47. The first kappa shape index (κ1) is 57.6.